The highest BCUT2D eigenvalue weighted by Crippen LogP contribution is 2.31. The van der Waals surface area contributed by atoms with Gasteiger partial charge >= 0.3 is 0 Å². The molecule has 3 heterocycles. The number of piperazine rings is 1. The number of fused-ring (bicyclic) bond motifs is 1. The molecule has 0 saturated carbocycles. The Kier molecular flexibility index (Phi) is 4.68. The van der Waals surface area contributed by atoms with E-state index < -0.39 is 0 Å². The van der Waals surface area contributed by atoms with Gasteiger partial charge in [-0.2, -0.15) is 0 Å². The zero-order valence-corrected chi connectivity index (χ0v) is 15.8. The molecule has 1 aliphatic rings. The Labute approximate surface area is 153 Å². The maximum Gasteiger partial charge on any atom is 0.141 e. The Balaban J connectivity index is 1.50. The number of aromatic nitrogens is 2. The molecule has 0 radical (unpaired) electrons. The van der Waals surface area contributed by atoms with Crippen LogP contribution in [0.5, 0.6) is 0 Å². The molecular formula is C20H25N4S+. The van der Waals surface area contributed by atoms with Crippen LogP contribution in [0.2, 0.25) is 0 Å². The van der Waals surface area contributed by atoms with Crippen LogP contribution >= 0.6 is 11.3 Å². The Morgan fingerprint density at radius 2 is 1.88 bits per heavy atom. The standard InChI is InChI=1S/C20H24N4S/c1-3-17-13-18-19(21-15(2)22-20(18)25-17)24-11-9-23(10-12-24)14-16-7-5-4-6-8-16/h4-8,13H,3,9-12,14H2,1-2H3/p+1. The second kappa shape index (κ2) is 7.10. The molecule has 130 valence electrons. The SMILES string of the molecule is CCc1cc2c(N3CC[NH+](Cc4ccccc4)CC3)nc(C)nc2s1. The van der Waals surface area contributed by atoms with Gasteiger partial charge in [0.15, 0.2) is 0 Å². The predicted molar refractivity (Wildman–Crippen MR) is 105 cm³/mol. The number of nitrogens with one attached hydrogen (secondary N) is 1. The quantitative estimate of drug-likeness (QED) is 0.782. The van der Waals surface area contributed by atoms with E-state index in [1.807, 2.05) is 18.3 Å². The second-order valence-electron chi connectivity index (χ2n) is 6.78. The van der Waals surface area contributed by atoms with Crippen LogP contribution in [0.4, 0.5) is 5.82 Å². The summed E-state index contributed by atoms with van der Waals surface area (Å²) in [5.41, 5.74) is 1.43. The molecular weight excluding hydrogens is 328 g/mol. The summed E-state index contributed by atoms with van der Waals surface area (Å²) in [5.74, 6) is 2.02. The van der Waals surface area contributed by atoms with Gasteiger partial charge in [0, 0.05) is 10.4 Å². The number of aryl methyl sites for hydroxylation is 2. The molecule has 4 nitrogen and oxygen atoms in total. The normalized spacial score (nSPS) is 15.8. The highest BCUT2D eigenvalue weighted by molar-refractivity contribution is 7.18. The minimum absolute atomic E-state index is 0.881. The topological polar surface area (TPSA) is 33.5 Å². The van der Waals surface area contributed by atoms with E-state index in [9.17, 15) is 0 Å². The average molecular weight is 354 g/mol. The van der Waals surface area contributed by atoms with Gasteiger partial charge in [0.2, 0.25) is 0 Å². The fraction of sp³-hybridized carbons (Fsp3) is 0.400. The fourth-order valence-electron chi connectivity index (χ4n) is 3.57. The lowest BCUT2D eigenvalue weighted by Crippen LogP contribution is -3.13. The van der Waals surface area contributed by atoms with Crippen molar-refractivity contribution < 1.29 is 4.90 Å². The predicted octanol–water partition coefficient (Wildman–Crippen LogP) is 2.47. The van der Waals surface area contributed by atoms with Gasteiger partial charge in [-0.05, 0) is 19.4 Å². The van der Waals surface area contributed by atoms with Crippen molar-refractivity contribution in [3.05, 3.63) is 52.7 Å². The molecule has 0 aliphatic carbocycles. The highest BCUT2D eigenvalue weighted by Gasteiger charge is 2.23. The van der Waals surface area contributed by atoms with E-state index in [2.05, 4.69) is 53.2 Å². The van der Waals surface area contributed by atoms with E-state index in [-0.39, 0.29) is 0 Å². The average Bonchev–Trinajstić information content (AvgIpc) is 3.05. The Hall–Kier alpha value is -1.98. The van der Waals surface area contributed by atoms with Gasteiger partial charge < -0.3 is 9.80 Å². The molecule has 1 aliphatic heterocycles. The molecule has 1 fully saturated rings. The molecule has 0 amide bonds. The molecule has 1 N–H and O–H groups in total. The smallest absolute Gasteiger partial charge is 0.141 e. The first kappa shape index (κ1) is 16.5. The van der Waals surface area contributed by atoms with Crippen molar-refractivity contribution in [1.29, 1.82) is 0 Å². The number of nitrogens with zero attached hydrogens (tertiary/aromatic N) is 3. The summed E-state index contributed by atoms with van der Waals surface area (Å²) in [4.78, 5) is 16.1. The van der Waals surface area contributed by atoms with E-state index in [1.54, 1.807) is 4.90 Å². The largest absolute Gasteiger partial charge is 0.345 e. The van der Waals surface area contributed by atoms with E-state index in [1.165, 1.54) is 15.8 Å². The summed E-state index contributed by atoms with van der Waals surface area (Å²) in [7, 11) is 0. The van der Waals surface area contributed by atoms with Gasteiger partial charge in [-0.3, -0.25) is 0 Å². The van der Waals surface area contributed by atoms with E-state index >= 15 is 0 Å². The zero-order valence-electron chi connectivity index (χ0n) is 15.0. The Morgan fingerprint density at radius 3 is 2.60 bits per heavy atom. The minimum atomic E-state index is 0.881. The highest BCUT2D eigenvalue weighted by atomic mass is 32.1. The first-order valence-corrected chi connectivity index (χ1v) is 9.94. The molecule has 0 bridgehead atoms. The lowest BCUT2D eigenvalue weighted by atomic mass is 10.2. The number of benzene rings is 1. The molecule has 1 saturated heterocycles. The molecule has 0 spiro atoms. The van der Waals surface area contributed by atoms with Crippen LogP contribution in [0.25, 0.3) is 10.2 Å². The van der Waals surface area contributed by atoms with Crippen LogP contribution in [-0.4, -0.2) is 36.1 Å². The van der Waals surface area contributed by atoms with Crippen LogP contribution in [0.3, 0.4) is 0 Å². The van der Waals surface area contributed by atoms with Gasteiger partial charge in [0.1, 0.15) is 23.0 Å². The first-order chi connectivity index (χ1) is 12.2. The number of thiophene rings is 1. The molecule has 0 unspecified atom stereocenters. The van der Waals surface area contributed by atoms with Gasteiger partial charge in [-0.1, -0.05) is 37.3 Å². The number of rotatable bonds is 4. The summed E-state index contributed by atoms with van der Waals surface area (Å²) in [6, 6.07) is 13.1. The molecule has 2 aromatic heterocycles. The Morgan fingerprint density at radius 1 is 1.12 bits per heavy atom. The lowest BCUT2D eigenvalue weighted by molar-refractivity contribution is -0.914. The fourth-order valence-corrected chi connectivity index (χ4v) is 4.58. The van der Waals surface area contributed by atoms with Crippen LogP contribution in [0.15, 0.2) is 36.4 Å². The van der Waals surface area contributed by atoms with Crippen LogP contribution in [-0.2, 0) is 13.0 Å². The molecule has 4 rings (SSSR count). The third-order valence-corrected chi connectivity index (χ3v) is 6.12. The van der Waals surface area contributed by atoms with E-state index in [0.29, 0.717) is 0 Å². The summed E-state index contributed by atoms with van der Waals surface area (Å²) in [6.07, 6.45) is 1.06. The molecule has 0 atom stereocenters. The monoisotopic (exact) mass is 353 g/mol. The van der Waals surface area contributed by atoms with Crippen molar-refractivity contribution in [3.8, 4) is 0 Å². The van der Waals surface area contributed by atoms with Gasteiger partial charge in [0.05, 0.1) is 31.6 Å². The maximum atomic E-state index is 4.79. The van der Waals surface area contributed by atoms with Crippen molar-refractivity contribution in [2.75, 3.05) is 31.1 Å². The zero-order chi connectivity index (χ0) is 17.2. The summed E-state index contributed by atoms with van der Waals surface area (Å²) in [6.45, 7) is 9.76. The van der Waals surface area contributed by atoms with Crippen molar-refractivity contribution >= 4 is 27.4 Å². The van der Waals surface area contributed by atoms with Crippen molar-refractivity contribution in [2.45, 2.75) is 26.8 Å². The number of hydrogen-bond acceptors (Lipinski definition) is 4. The summed E-state index contributed by atoms with van der Waals surface area (Å²) < 4.78 is 0. The molecule has 25 heavy (non-hydrogen) atoms. The summed E-state index contributed by atoms with van der Waals surface area (Å²) in [5, 5.41) is 1.24. The van der Waals surface area contributed by atoms with Gasteiger partial charge in [0.25, 0.3) is 0 Å². The number of anilines is 1. The van der Waals surface area contributed by atoms with Gasteiger partial charge in [-0.15, -0.1) is 11.3 Å². The lowest BCUT2D eigenvalue weighted by Gasteiger charge is -2.33. The molecule has 5 heteroatoms. The van der Waals surface area contributed by atoms with Gasteiger partial charge in [-0.25, -0.2) is 9.97 Å². The van der Waals surface area contributed by atoms with E-state index in [4.69, 9.17) is 4.98 Å². The van der Waals surface area contributed by atoms with Crippen LogP contribution < -0.4 is 9.80 Å². The molecule has 3 aromatic rings. The third-order valence-electron chi connectivity index (χ3n) is 4.95. The number of hydrogen-bond donors (Lipinski definition) is 1. The molecule has 1 aromatic carbocycles. The Bertz CT molecular complexity index is 851. The van der Waals surface area contributed by atoms with Crippen LogP contribution in [0, 0.1) is 6.92 Å². The summed E-state index contributed by atoms with van der Waals surface area (Å²) >= 11 is 1.81. The number of quaternary nitrogens is 1. The van der Waals surface area contributed by atoms with Crippen molar-refractivity contribution in [3.63, 3.8) is 0 Å². The third kappa shape index (κ3) is 3.53. The first-order valence-electron chi connectivity index (χ1n) is 9.12. The minimum Gasteiger partial charge on any atom is -0.345 e. The maximum absolute atomic E-state index is 4.79. The van der Waals surface area contributed by atoms with Crippen molar-refractivity contribution in [2.24, 2.45) is 0 Å². The second-order valence-corrected chi connectivity index (χ2v) is 7.89. The van der Waals surface area contributed by atoms with Crippen LogP contribution in [0.1, 0.15) is 23.2 Å². The van der Waals surface area contributed by atoms with Crippen molar-refractivity contribution in [1.82, 2.24) is 9.97 Å². The van der Waals surface area contributed by atoms with E-state index in [0.717, 1.165) is 55.6 Å².